The number of aromatic nitrogens is 1. The van der Waals surface area contributed by atoms with Crippen LogP contribution in [0.5, 0.6) is 17.2 Å². The van der Waals surface area contributed by atoms with Crippen molar-refractivity contribution in [1.82, 2.24) is 4.98 Å². The molecule has 1 aliphatic rings. The maximum absolute atomic E-state index is 14.5. The first kappa shape index (κ1) is 19.0. The molecule has 7 heteroatoms. The van der Waals surface area contributed by atoms with E-state index in [0.717, 1.165) is 23.8 Å². The first-order valence-corrected chi connectivity index (χ1v) is 9.28. The highest BCUT2D eigenvalue weighted by Crippen LogP contribution is 2.46. The maximum atomic E-state index is 14.5. The van der Waals surface area contributed by atoms with Gasteiger partial charge in [-0.05, 0) is 54.7 Å². The molecule has 3 aromatic rings. The lowest BCUT2D eigenvalue weighted by molar-refractivity contribution is -0.114. The molecule has 150 valence electrons. The number of carbonyl (C=O) groups is 1. The van der Waals surface area contributed by atoms with E-state index in [4.69, 9.17) is 9.47 Å². The Labute approximate surface area is 167 Å². The fraction of sp³-hybridized carbons (Fsp3) is 0.273. The van der Waals surface area contributed by atoms with E-state index in [1.165, 1.54) is 27.2 Å². The van der Waals surface area contributed by atoms with Crippen LogP contribution in [-0.4, -0.2) is 30.2 Å². The predicted molar refractivity (Wildman–Crippen MR) is 108 cm³/mol. The molecule has 1 aromatic heterocycles. The third-order valence-electron chi connectivity index (χ3n) is 5.01. The number of hydrogen-bond acceptors (Lipinski definition) is 5. The van der Waals surface area contributed by atoms with Crippen LogP contribution >= 0.6 is 0 Å². The summed E-state index contributed by atoms with van der Waals surface area (Å²) in [5.41, 5.74) is 2.94. The van der Waals surface area contributed by atoms with Gasteiger partial charge in [-0.3, -0.25) is 4.79 Å². The minimum Gasteiger partial charge on any atom is -0.504 e. The van der Waals surface area contributed by atoms with Crippen LogP contribution in [0.4, 0.5) is 10.1 Å². The summed E-state index contributed by atoms with van der Waals surface area (Å²) in [4.78, 5) is 16.1. The third-order valence-corrected chi connectivity index (χ3v) is 5.01. The van der Waals surface area contributed by atoms with Crippen LogP contribution in [0.25, 0.3) is 22.2 Å². The molecule has 2 aromatic carbocycles. The fourth-order valence-corrected chi connectivity index (χ4v) is 3.53. The second-order valence-electron chi connectivity index (χ2n) is 7.13. The molecular weight excluding hydrogens is 375 g/mol. The van der Waals surface area contributed by atoms with Gasteiger partial charge in [-0.2, -0.15) is 0 Å². The zero-order valence-corrected chi connectivity index (χ0v) is 16.4. The number of amides is 1. The lowest BCUT2D eigenvalue weighted by Crippen LogP contribution is -2.08. The van der Waals surface area contributed by atoms with Crippen molar-refractivity contribution in [1.29, 1.82) is 0 Å². The van der Waals surface area contributed by atoms with E-state index < -0.39 is 5.82 Å². The number of phenolic OH excluding ortho intramolecular Hbond substituents is 1. The summed E-state index contributed by atoms with van der Waals surface area (Å²) in [6.45, 7) is 1.33. The molecule has 0 spiro atoms. The molecule has 0 atom stereocenters. The summed E-state index contributed by atoms with van der Waals surface area (Å²) in [7, 11) is 2.95. The first-order valence-electron chi connectivity index (χ1n) is 9.28. The number of aromatic hydroxyl groups is 1. The van der Waals surface area contributed by atoms with Crippen molar-refractivity contribution < 1.29 is 23.8 Å². The highest BCUT2D eigenvalue weighted by molar-refractivity contribution is 5.94. The first-order chi connectivity index (χ1) is 13.9. The topological polar surface area (TPSA) is 80.7 Å². The number of methoxy groups -OCH3 is 2. The number of anilines is 1. The van der Waals surface area contributed by atoms with Crippen molar-refractivity contribution >= 4 is 22.5 Å². The van der Waals surface area contributed by atoms with Gasteiger partial charge in [-0.1, -0.05) is 0 Å². The second kappa shape index (κ2) is 7.24. The predicted octanol–water partition coefficient (Wildman–Crippen LogP) is 4.60. The Kier molecular flexibility index (Phi) is 4.74. The number of pyridine rings is 1. The Bertz CT molecular complexity index is 1130. The van der Waals surface area contributed by atoms with E-state index in [-0.39, 0.29) is 23.1 Å². The summed E-state index contributed by atoms with van der Waals surface area (Å²) in [6.07, 6.45) is 2.07. The molecule has 0 radical (unpaired) electrons. The number of ether oxygens (including phenoxy) is 2. The molecule has 1 amide bonds. The van der Waals surface area contributed by atoms with Crippen molar-refractivity contribution in [3.05, 3.63) is 41.7 Å². The number of fused-ring (bicyclic) bond motifs is 1. The van der Waals surface area contributed by atoms with Crippen LogP contribution in [0.2, 0.25) is 0 Å². The molecule has 0 aliphatic heterocycles. The molecule has 6 nitrogen and oxygen atoms in total. The summed E-state index contributed by atoms with van der Waals surface area (Å²) < 4.78 is 25.0. The van der Waals surface area contributed by atoms with Crippen molar-refractivity contribution in [3.63, 3.8) is 0 Å². The average Bonchev–Trinajstić information content (AvgIpc) is 3.52. The van der Waals surface area contributed by atoms with Crippen LogP contribution in [0.1, 0.15) is 31.2 Å². The number of nitrogens with one attached hydrogen (secondary N) is 1. The van der Waals surface area contributed by atoms with Gasteiger partial charge in [0.05, 0.1) is 31.1 Å². The van der Waals surface area contributed by atoms with Crippen LogP contribution in [0, 0.1) is 5.82 Å². The smallest absolute Gasteiger partial charge is 0.221 e. The van der Waals surface area contributed by atoms with Crippen LogP contribution in [0.15, 0.2) is 30.3 Å². The number of benzene rings is 2. The van der Waals surface area contributed by atoms with Gasteiger partial charge >= 0.3 is 0 Å². The number of carbonyl (C=O) groups excluding carboxylic acids is 1. The Morgan fingerprint density at radius 3 is 2.55 bits per heavy atom. The molecule has 4 rings (SSSR count). The molecule has 0 unspecified atom stereocenters. The normalized spacial score (nSPS) is 13.4. The van der Waals surface area contributed by atoms with E-state index in [9.17, 15) is 14.3 Å². The van der Waals surface area contributed by atoms with Gasteiger partial charge in [0.2, 0.25) is 11.7 Å². The molecule has 29 heavy (non-hydrogen) atoms. The molecule has 1 aliphatic carbocycles. The highest BCUT2D eigenvalue weighted by Gasteiger charge is 2.27. The molecule has 0 saturated heterocycles. The molecular formula is C22H21FN2O4. The summed E-state index contributed by atoms with van der Waals surface area (Å²) in [6, 6.07) is 8.20. The van der Waals surface area contributed by atoms with E-state index in [2.05, 4.69) is 10.3 Å². The van der Waals surface area contributed by atoms with Crippen LogP contribution < -0.4 is 14.8 Å². The Morgan fingerprint density at radius 2 is 1.93 bits per heavy atom. The summed E-state index contributed by atoms with van der Waals surface area (Å²) >= 11 is 0. The molecule has 1 heterocycles. The quantitative estimate of drug-likeness (QED) is 0.659. The Hall–Kier alpha value is -3.35. The largest absolute Gasteiger partial charge is 0.504 e. The van der Waals surface area contributed by atoms with Crippen molar-refractivity contribution in [3.8, 4) is 28.5 Å². The van der Waals surface area contributed by atoms with Crippen LogP contribution in [-0.2, 0) is 4.79 Å². The molecule has 0 bridgehead atoms. The number of hydrogen-bond donors (Lipinski definition) is 2. The van der Waals surface area contributed by atoms with Gasteiger partial charge in [0.25, 0.3) is 0 Å². The van der Waals surface area contributed by atoms with E-state index in [1.54, 1.807) is 18.2 Å². The zero-order valence-electron chi connectivity index (χ0n) is 16.4. The van der Waals surface area contributed by atoms with Crippen LogP contribution in [0.3, 0.4) is 0 Å². The number of phenols is 1. The minimum absolute atomic E-state index is 0.0604. The monoisotopic (exact) mass is 396 g/mol. The maximum Gasteiger partial charge on any atom is 0.221 e. The van der Waals surface area contributed by atoms with E-state index in [0.29, 0.717) is 28.4 Å². The molecule has 2 N–H and O–H groups in total. The summed E-state index contributed by atoms with van der Waals surface area (Å²) in [5, 5.41) is 13.5. The second-order valence-corrected chi connectivity index (χ2v) is 7.13. The SMILES string of the molecule is COc1cc(-c2cc(C3CC3)c3cc(F)c(NC(C)=O)cc3n2)cc(O)c1OC. The van der Waals surface area contributed by atoms with Crippen molar-refractivity contribution in [2.75, 3.05) is 19.5 Å². The lowest BCUT2D eigenvalue weighted by atomic mass is 10.00. The van der Waals surface area contributed by atoms with Crippen molar-refractivity contribution in [2.45, 2.75) is 25.7 Å². The third kappa shape index (κ3) is 3.55. The fourth-order valence-electron chi connectivity index (χ4n) is 3.53. The van der Waals surface area contributed by atoms with Crippen molar-refractivity contribution in [2.24, 2.45) is 0 Å². The molecule has 1 fully saturated rings. The van der Waals surface area contributed by atoms with Gasteiger partial charge in [-0.25, -0.2) is 9.37 Å². The van der Waals surface area contributed by atoms with Gasteiger partial charge in [-0.15, -0.1) is 0 Å². The minimum atomic E-state index is -0.493. The Morgan fingerprint density at radius 1 is 1.17 bits per heavy atom. The van der Waals surface area contributed by atoms with Gasteiger partial charge in [0, 0.05) is 17.9 Å². The van der Waals surface area contributed by atoms with Gasteiger partial charge < -0.3 is 19.9 Å². The van der Waals surface area contributed by atoms with Gasteiger partial charge in [0.15, 0.2) is 11.5 Å². The average molecular weight is 396 g/mol. The standard InChI is InChI=1S/C22H21FN2O4/c1-11(26)24-19-10-18-15(8-16(19)23)14(12-4-5-12)9-17(25-18)13-6-20(27)22(29-3)21(7-13)28-2/h6-10,12,27H,4-5H2,1-3H3,(H,24,26). The zero-order chi connectivity index (χ0) is 20.7. The summed E-state index contributed by atoms with van der Waals surface area (Å²) in [5.74, 6) is 0.0678. The highest BCUT2D eigenvalue weighted by atomic mass is 19.1. The number of halogens is 1. The lowest BCUT2D eigenvalue weighted by Gasteiger charge is -2.14. The van der Waals surface area contributed by atoms with Gasteiger partial charge in [0.1, 0.15) is 5.82 Å². The van der Waals surface area contributed by atoms with E-state index >= 15 is 0 Å². The number of rotatable bonds is 5. The Balaban J connectivity index is 1.92. The van der Waals surface area contributed by atoms with E-state index in [1.807, 2.05) is 6.07 Å². The number of nitrogens with zero attached hydrogens (tertiary/aromatic N) is 1. The molecule has 1 saturated carbocycles.